The zero-order valence-corrected chi connectivity index (χ0v) is 21.4. The van der Waals surface area contributed by atoms with Crippen LogP contribution in [0.3, 0.4) is 0 Å². The minimum absolute atomic E-state index is 0.0450. The second kappa shape index (κ2) is 8.33. The van der Waals surface area contributed by atoms with Crippen molar-refractivity contribution in [3.8, 4) is 11.5 Å². The number of Topliss-reactive ketones (excluding diaryl/α,β-unsaturated/α-hetero) is 1. The zero-order valence-electron chi connectivity index (χ0n) is 19.6. The van der Waals surface area contributed by atoms with Crippen LogP contribution >= 0.6 is 12.3 Å². The third kappa shape index (κ3) is 3.96. The molecule has 6 nitrogen and oxygen atoms in total. The minimum atomic E-state index is -2.11. The summed E-state index contributed by atoms with van der Waals surface area (Å²) in [6.07, 6.45) is 3.33. The number of ketones is 1. The van der Waals surface area contributed by atoms with Gasteiger partial charge in [0.05, 0.1) is 0 Å². The van der Waals surface area contributed by atoms with E-state index in [1.165, 1.54) is 11.1 Å². The largest absolute Gasteiger partial charge is 0.543 e. The van der Waals surface area contributed by atoms with Gasteiger partial charge in [0, 0.05) is 17.2 Å². The van der Waals surface area contributed by atoms with E-state index in [4.69, 9.17) is 13.9 Å². The van der Waals surface area contributed by atoms with E-state index in [2.05, 4.69) is 62.3 Å². The first-order valence-corrected chi connectivity index (χ1v) is 14.7. The molecule has 0 aromatic heterocycles. The molecule has 0 aliphatic heterocycles. The molecule has 2 unspecified atom stereocenters. The standard InChI is InChI=1S/C24H32O6SSi/c1-23(2,3)32(5,6)28-21-14-18-17(11-12-24(4)20(18)9-10-22(24)25)16-8-7-15(13-19(16)21)27-31-30-29-26/h7-8,13-14,20,26H,9-12H2,1-6H3. The first-order chi connectivity index (χ1) is 15.0. The van der Waals surface area contributed by atoms with Crippen LogP contribution in [0.25, 0.3) is 10.8 Å². The molecule has 0 saturated heterocycles. The molecule has 1 fully saturated rings. The maximum atomic E-state index is 12.7. The highest BCUT2D eigenvalue weighted by molar-refractivity contribution is 7.90. The van der Waals surface area contributed by atoms with E-state index in [1.807, 2.05) is 12.1 Å². The lowest BCUT2D eigenvalue weighted by atomic mass is 9.66. The molecule has 1 saturated carbocycles. The van der Waals surface area contributed by atoms with Gasteiger partial charge >= 0.3 is 0 Å². The average Bonchev–Trinajstić information content (AvgIpc) is 3.02. The van der Waals surface area contributed by atoms with E-state index in [1.54, 1.807) is 0 Å². The van der Waals surface area contributed by atoms with Crippen molar-refractivity contribution in [2.75, 3.05) is 0 Å². The first-order valence-electron chi connectivity index (χ1n) is 11.1. The highest BCUT2D eigenvalue weighted by atomic mass is 32.2. The Bertz CT molecular complexity index is 1050. The van der Waals surface area contributed by atoms with Crippen molar-refractivity contribution < 1.29 is 28.0 Å². The fraction of sp³-hybridized carbons (Fsp3) is 0.542. The van der Waals surface area contributed by atoms with E-state index in [0.717, 1.165) is 35.8 Å². The van der Waals surface area contributed by atoms with Crippen LogP contribution in [0.15, 0.2) is 24.3 Å². The van der Waals surface area contributed by atoms with Gasteiger partial charge < -0.3 is 8.61 Å². The van der Waals surface area contributed by atoms with Gasteiger partial charge in [-0.1, -0.05) is 43.1 Å². The summed E-state index contributed by atoms with van der Waals surface area (Å²) >= 11 is 0.537. The Kier molecular flexibility index (Phi) is 6.13. The van der Waals surface area contributed by atoms with Gasteiger partial charge in [0.1, 0.15) is 17.3 Å². The molecular formula is C24H32O6SSi. The smallest absolute Gasteiger partial charge is 0.261 e. The number of rotatable bonds is 6. The van der Waals surface area contributed by atoms with E-state index in [0.29, 0.717) is 30.3 Å². The molecule has 2 atom stereocenters. The Morgan fingerprint density at radius 3 is 2.59 bits per heavy atom. The maximum absolute atomic E-state index is 12.7. The summed E-state index contributed by atoms with van der Waals surface area (Å²) in [5.74, 6) is 2.05. The van der Waals surface area contributed by atoms with Crippen molar-refractivity contribution in [1.29, 1.82) is 0 Å². The summed E-state index contributed by atoms with van der Waals surface area (Å²) < 4.78 is 16.7. The monoisotopic (exact) mass is 476 g/mol. The van der Waals surface area contributed by atoms with Gasteiger partial charge in [-0.3, -0.25) is 4.79 Å². The predicted octanol–water partition coefficient (Wildman–Crippen LogP) is 6.99. The van der Waals surface area contributed by atoms with E-state index < -0.39 is 8.32 Å². The number of benzene rings is 2. The molecule has 2 aromatic carbocycles. The van der Waals surface area contributed by atoms with Gasteiger partial charge in [0.2, 0.25) is 0 Å². The molecule has 2 aromatic rings. The third-order valence-corrected chi connectivity index (χ3v) is 12.6. The highest BCUT2D eigenvalue weighted by Gasteiger charge is 2.49. The van der Waals surface area contributed by atoms with E-state index in [-0.39, 0.29) is 16.4 Å². The van der Waals surface area contributed by atoms with Crippen molar-refractivity contribution in [2.24, 2.45) is 5.41 Å². The second-order valence-electron chi connectivity index (χ2n) is 10.7. The number of aryl methyl sites for hydroxylation is 1. The van der Waals surface area contributed by atoms with Crippen molar-refractivity contribution in [3.63, 3.8) is 0 Å². The molecule has 0 bridgehead atoms. The van der Waals surface area contributed by atoms with Crippen molar-refractivity contribution >= 4 is 37.2 Å². The fourth-order valence-electron chi connectivity index (χ4n) is 4.94. The molecule has 0 radical (unpaired) electrons. The maximum Gasteiger partial charge on any atom is 0.261 e. The Morgan fingerprint density at radius 2 is 1.91 bits per heavy atom. The Hall–Kier alpha value is -1.58. The predicted molar refractivity (Wildman–Crippen MR) is 128 cm³/mol. The lowest BCUT2D eigenvalue weighted by molar-refractivity contribution is -0.433. The van der Waals surface area contributed by atoms with Crippen LogP contribution in [0.5, 0.6) is 11.5 Å². The van der Waals surface area contributed by atoms with Crippen LogP contribution in [-0.4, -0.2) is 19.4 Å². The number of hydrogen-bond acceptors (Lipinski definition) is 7. The highest BCUT2D eigenvalue weighted by Crippen LogP contribution is 2.56. The van der Waals surface area contributed by atoms with Crippen LogP contribution in [0.2, 0.25) is 18.1 Å². The number of hydrogen-bond donors (Lipinski definition) is 1. The van der Waals surface area contributed by atoms with Gasteiger partial charge in [-0.05, 0) is 78.0 Å². The molecular weight excluding hydrogens is 444 g/mol. The summed E-state index contributed by atoms with van der Waals surface area (Å²) in [7, 11) is -2.11. The summed E-state index contributed by atoms with van der Waals surface area (Å²) in [6, 6.07) is 8.07. The van der Waals surface area contributed by atoms with Crippen LogP contribution < -0.4 is 8.61 Å². The first kappa shape index (κ1) is 23.6. The summed E-state index contributed by atoms with van der Waals surface area (Å²) in [6.45, 7) is 13.3. The van der Waals surface area contributed by atoms with Crippen LogP contribution in [0.1, 0.15) is 64.0 Å². The van der Waals surface area contributed by atoms with Gasteiger partial charge in [0.25, 0.3) is 20.6 Å². The normalized spacial score (nSPS) is 23.2. The lowest BCUT2D eigenvalue weighted by Gasteiger charge is -2.40. The molecule has 2 aliphatic carbocycles. The average molecular weight is 477 g/mol. The number of carbonyl (C=O) groups is 1. The summed E-state index contributed by atoms with van der Waals surface area (Å²) in [5, 5.41) is 14.1. The third-order valence-electron chi connectivity index (χ3n) is 7.91. The number of fused-ring (bicyclic) bond motifs is 5. The van der Waals surface area contributed by atoms with Crippen molar-refractivity contribution in [2.45, 2.75) is 77.4 Å². The molecule has 174 valence electrons. The topological polar surface area (TPSA) is 74.2 Å². The molecule has 0 heterocycles. The number of carbonyl (C=O) groups excluding carboxylic acids is 1. The van der Waals surface area contributed by atoms with Gasteiger partial charge in [-0.25, -0.2) is 5.26 Å². The van der Waals surface area contributed by atoms with Crippen LogP contribution in [-0.2, 0) is 20.6 Å². The van der Waals surface area contributed by atoms with Crippen molar-refractivity contribution in [1.82, 2.24) is 0 Å². The molecule has 32 heavy (non-hydrogen) atoms. The Morgan fingerprint density at radius 1 is 1.16 bits per heavy atom. The molecule has 0 spiro atoms. The van der Waals surface area contributed by atoms with Crippen molar-refractivity contribution in [3.05, 3.63) is 35.4 Å². The molecule has 0 amide bonds. The Labute approximate surface area is 195 Å². The fourth-order valence-corrected chi connectivity index (χ4v) is 6.20. The quantitative estimate of drug-likeness (QED) is 0.158. The van der Waals surface area contributed by atoms with Gasteiger partial charge in [-0.2, -0.15) is 0 Å². The van der Waals surface area contributed by atoms with Crippen LogP contribution in [0, 0.1) is 5.41 Å². The second-order valence-corrected chi connectivity index (χ2v) is 15.9. The molecule has 8 heteroatoms. The summed E-state index contributed by atoms with van der Waals surface area (Å²) in [4.78, 5) is 12.7. The van der Waals surface area contributed by atoms with Gasteiger partial charge in [0.15, 0.2) is 0 Å². The molecule has 1 N–H and O–H groups in total. The SMILES string of the molecule is CC12CCc3c(cc(O[Si](C)(C)C(C)(C)C)c4cc(OSOOO)ccc34)C1CCC2=O. The summed E-state index contributed by atoms with van der Waals surface area (Å²) in [5.41, 5.74) is 2.32. The minimum Gasteiger partial charge on any atom is -0.543 e. The lowest BCUT2D eigenvalue weighted by Crippen LogP contribution is -2.44. The Balaban J connectivity index is 1.86. The zero-order chi connectivity index (χ0) is 23.3. The van der Waals surface area contributed by atoms with E-state index in [9.17, 15) is 4.79 Å². The molecule has 2 aliphatic rings. The van der Waals surface area contributed by atoms with Gasteiger partial charge in [-0.15, -0.1) is 0 Å². The molecule has 4 rings (SSSR count). The van der Waals surface area contributed by atoms with E-state index >= 15 is 0 Å². The van der Waals surface area contributed by atoms with Crippen LogP contribution in [0.4, 0.5) is 0 Å².